The van der Waals surface area contributed by atoms with Gasteiger partial charge in [0.25, 0.3) is 0 Å². The van der Waals surface area contributed by atoms with Crippen molar-refractivity contribution in [2.45, 2.75) is 13.1 Å². The molecule has 1 aromatic heterocycles. The normalized spacial score (nSPS) is 10.6. The maximum atomic E-state index is 5.18. The number of aliphatic imine (C=N–C) groups is 1. The van der Waals surface area contributed by atoms with Crippen LogP contribution in [-0.2, 0) is 13.1 Å². The molecule has 1 aromatic carbocycles. The van der Waals surface area contributed by atoms with E-state index in [1.165, 1.54) is 5.56 Å². The molecule has 0 fully saturated rings. The lowest BCUT2D eigenvalue weighted by atomic mass is 10.2. The SMILES string of the molecule is CN=C(NCc1ccc(OC)nc1)N(C)Cc1ccc(OC)cc1.I. The number of ether oxygens (including phenoxy) is 2. The van der Waals surface area contributed by atoms with Gasteiger partial charge in [-0.2, -0.15) is 0 Å². The fourth-order valence-corrected chi connectivity index (χ4v) is 2.28. The molecule has 2 aromatic rings. The lowest BCUT2D eigenvalue weighted by Crippen LogP contribution is -2.38. The number of hydrogen-bond donors (Lipinski definition) is 1. The van der Waals surface area contributed by atoms with Crippen molar-refractivity contribution in [3.05, 3.63) is 53.7 Å². The molecule has 0 radical (unpaired) electrons. The van der Waals surface area contributed by atoms with Crippen LogP contribution in [0.25, 0.3) is 0 Å². The van der Waals surface area contributed by atoms with Crippen molar-refractivity contribution >= 4 is 29.9 Å². The Morgan fingerprint density at radius 1 is 1.08 bits per heavy atom. The summed E-state index contributed by atoms with van der Waals surface area (Å²) in [5.41, 5.74) is 2.25. The molecule has 0 atom stereocenters. The highest BCUT2D eigenvalue weighted by Gasteiger charge is 2.07. The molecule has 1 heterocycles. The highest BCUT2D eigenvalue weighted by atomic mass is 127. The average molecular weight is 456 g/mol. The van der Waals surface area contributed by atoms with Gasteiger partial charge in [-0.25, -0.2) is 4.98 Å². The fraction of sp³-hybridized carbons (Fsp3) is 0.333. The largest absolute Gasteiger partial charge is 0.497 e. The van der Waals surface area contributed by atoms with Gasteiger partial charge >= 0.3 is 0 Å². The molecule has 0 saturated heterocycles. The first-order chi connectivity index (χ1) is 11.7. The Hall–Kier alpha value is -2.03. The summed E-state index contributed by atoms with van der Waals surface area (Å²) in [4.78, 5) is 10.6. The Morgan fingerprint density at radius 3 is 2.28 bits per heavy atom. The van der Waals surface area contributed by atoms with Crippen molar-refractivity contribution in [2.75, 3.05) is 28.3 Å². The van der Waals surface area contributed by atoms with Crippen molar-refractivity contribution in [2.24, 2.45) is 4.99 Å². The Morgan fingerprint density at radius 2 is 1.76 bits per heavy atom. The number of aromatic nitrogens is 1. The molecule has 6 nitrogen and oxygen atoms in total. The van der Waals surface area contributed by atoms with Crippen molar-refractivity contribution in [1.82, 2.24) is 15.2 Å². The van der Waals surface area contributed by atoms with E-state index in [1.54, 1.807) is 27.5 Å². The van der Waals surface area contributed by atoms with Crippen molar-refractivity contribution < 1.29 is 9.47 Å². The summed E-state index contributed by atoms with van der Waals surface area (Å²) in [7, 11) is 7.06. The van der Waals surface area contributed by atoms with Gasteiger partial charge < -0.3 is 19.7 Å². The van der Waals surface area contributed by atoms with Crippen LogP contribution in [-0.4, -0.2) is 44.2 Å². The molecule has 0 aliphatic carbocycles. The summed E-state index contributed by atoms with van der Waals surface area (Å²) < 4.78 is 10.2. The molecular weight excluding hydrogens is 431 g/mol. The third-order valence-corrected chi connectivity index (χ3v) is 3.61. The van der Waals surface area contributed by atoms with Crippen molar-refractivity contribution in [3.8, 4) is 11.6 Å². The molecule has 136 valence electrons. The molecule has 0 saturated carbocycles. The second-order valence-electron chi connectivity index (χ2n) is 5.31. The molecular formula is C18H25IN4O2. The molecule has 0 aliphatic heterocycles. The molecule has 0 unspecified atom stereocenters. The van der Waals surface area contributed by atoms with Crippen LogP contribution in [0, 0.1) is 0 Å². The Labute approximate surface area is 166 Å². The molecule has 0 spiro atoms. The topological polar surface area (TPSA) is 59.0 Å². The van der Waals surface area contributed by atoms with Crippen LogP contribution in [0.1, 0.15) is 11.1 Å². The minimum absolute atomic E-state index is 0. The number of halogens is 1. The van der Waals surface area contributed by atoms with Gasteiger partial charge in [0.05, 0.1) is 14.2 Å². The lowest BCUT2D eigenvalue weighted by Gasteiger charge is -2.22. The highest BCUT2D eigenvalue weighted by Crippen LogP contribution is 2.12. The number of nitrogens with zero attached hydrogens (tertiary/aromatic N) is 3. The summed E-state index contributed by atoms with van der Waals surface area (Å²) in [6.07, 6.45) is 1.79. The number of hydrogen-bond acceptors (Lipinski definition) is 4. The van der Waals surface area contributed by atoms with Crippen LogP contribution < -0.4 is 14.8 Å². The Bertz CT molecular complexity index is 660. The molecule has 25 heavy (non-hydrogen) atoms. The standard InChI is InChI=1S/C18H24N4O2.HI/c1-19-18(21-12-15-7-10-17(24-4)20-11-15)22(2)13-14-5-8-16(23-3)9-6-14;/h5-11H,12-13H2,1-4H3,(H,19,21);1H. The first kappa shape index (κ1) is 21.0. The minimum atomic E-state index is 0. The molecule has 0 aliphatic rings. The average Bonchev–Trinajstić information content (AvgIpc) is 2.63. The zero-order valence-electron chi connectivity index (χ0n) is 15.0. The number of nitrogens with one attached hydrogen (secondary N) is 1. The van der Waals surface area contributed by atoms with Crippen LogP contribution in [0.5, 0.6) is 11.6 Å². The van der Waals surface area contributed by atoms with Crippen LogP contribution in [0.2, 0.25) is 0 Å². The molecule has 0 bridgehead atoms. The number of guanidine groups is 1. The van der Waals surface area contributed by atoms with Gasteiger partial charge in [0.15, 0.2) is 5.96 Å². The van der Waals surface area contributed by atoms with Crippen LogP contribution in [0.15, 0.2) is 47.6 Å². The minimum Gasteiger partial charge on any atom is -0.497 e. The van der Waals surface area contributed by atoms with Crippen LogP contribution in [0.4, 0.5) is 0 Å². The second-order valence-corrected chi connectivity index (χ2v) is 5.31. The van der Waals surface area contributed by atoms with E-state index < -0.39 is 0 Å². The van der Waals surface area contributed by atoms with E-state index in [9.17, 15) is 0 Å². The predicted octanol–water partition coefficient (Wildman–Crippen LogP) is 2.92. The quantitative estimate of drug-likeness (QED) is 0.412. The second kappa shape index (κ2) is 10.8. The van der Waals surface area contributed by atoms with Crippen molar-refractivity contribution in [1.29, 1.82) is 0 Å². The monoisotopic (exact) mass is 456 g/mol. The number of rotatable bonds is 6. The third-order valence-electron chi connectivity index (χ3n) is 3.61. The van der Waals surface area contributed by atoms with Gasteiger partial charge in [-0.1, -0.05) is 18.2 Å². The van der Waals surface area contributed by atoms with E-state index in [1.807, 2.05) is 31.3 Å². The zero-order valence-corrected chi connectivity index (χ0v) is 17.4. The van der Waals surface area contributed by atoms with Gasteiger partial charge in [-0.15, -0.1) is 24.0 Å². The van der Waals surface area contributed by atoms with E-state index in [2.05, 4.69) is 32.3 Å². The Kier molecular flexibility index (Phi) is 9.04. The Balaban J connectivity index is 0.00000312. The van der Waals surface area contributed by atoms with E-state index >= 15 is 0 Å². The van der Waals surface area contributed by atoms with Gasteiger partial charge in [-0.3, -0.25) is 4.99 Å². The summed E-state index contributed by atoms with van der Waals surface area (Å²) in [5, 5.41) is 3.34. The first-order valence-electron chi connectivity index (χ1n) is 7.70. The summed E-state index contributed by atoms with van der Waals surface area (Å²) in [5.74, 6) is 2.29. The van der Waals surface area contributed by atoms with Crippen LogP contribution >= 0.6 is 24.0 Å². The summed E-state index contributed by atoms with van der Waals surface area (Å²) in [6, 6.07) is 11.9. The van der Waals surface area contributed by atoms with E-state index in [0.717, 1.165) is 23.8 Å². The third kappa shape index (κ3) is 6.41. The fourth-order valence-electron chi connectivity index (χ4n) is 2.28. The highest BCUT2D eigenvalue weighted by molar-refractivity contribution is 14.0. The van der Waals surface area contributed by atoms with Gasteiger partial charge in [0, 0.05) is 39.4 Å². The van der Waals surface area contributed by atoms with E-state index in [0.29, 0.717) is 12.4 Å². The van der Waals surface area contributed by atoms with Gasteiger partial charge in [0.1, 0.15) is 5.75 Å². The lowest BCUT2D eigenvalue weighted by molar-refractivity contribution is 0.397. The number of methoxy groups -OCH3 is 2. The van der Waals surface area contributed by atoms with E-state index in [4.69, 9.17) is 9.47 Å². The van der Waals surface area contributed by atoms with Gasteiger partial charge in [0.2, 0.25) is 5.88 Å². The predicted molar refractivity (Wildman–Crippen MR) is 111 cm³/mol. The molecule has 2 rings (SSSR count). The summed E-state index contributed by atoms with van der Waals surface area (Å²) >= 11 is 0. The first-order valence-corrected chi connectivity index (χ1v) is 7.70. The smallest absolute Gasteiger partial charge is 0.212 e. The number of pyridine rings is 1. The molecule has 7 heteroatoms. The van der Waals surface area contributed by atoms with Crippen molar-refractivity contribution in [3.63, 3.8) is 0 Å². The molecule has 0 amide bonds. The molecule has 1 N–H and O–H groups in total. The zero-order chi connectivity index (χ0) is 17.4. The van der Waals surface area contributed by atoms with E-state index in [-0.39, 0.29) is 24.0 Å². The maximum Gasteiger partial charge on any atom is 0.212 e. The summed E-state index contributed by atoms with van der Waals surface area (Å²) in [6.45, 7) is 1.40. The number of benzene rings is 1. The maximum absolute atomic E-state index is 5.18. The van der Waals surface area contributed by atoms with Crippen LogP contribution in [0.3, 0.4) is 0 Å². The van der Waals surface area contributed by atoms with Gasteiger partial charge in [-0.05, 0) is 23.3 Å².